The third-order valence-electron chi connectivity index (χ3n) is 2.13. The number of carbonyl (C=O) groups is 1. The number of hydrogen-bond acceptors (Lipinski definition) is 2. The van der Waals surface area contributed by atoms with Gasteiger partial charge < -0.3 is 5.73 Å². The van der Waals surface area contributed by atoms with Crippen molar-refractivity contribution in [2.24, 2.45) is 5.73 Å². The molecular weight excluding hydrogens is 190 g/mol. The van der Waals surface area contributed by atoms with E-state index in [2.05, 4.69) is 10.2 Å². The molecule has 4 nitrogen and oxygen atoms in total. The number of aromatic nitrogens is 2. The van der Waals surface area contributed by atoms with E-state index in [1.807, 2.05) is 24.3 Å². The second-order valence-electron chi connectivity index (χ2n) is 3.25. The Kier molecular flexibility index (Phi) is 2.49. The summed E-state index contributed by atoms with van der Waals surface area (Å²) in [6.45, 7) is 0. The Morgan fingerprint density at radius 3 is 3.20 bits per heavy atom. The van der Waals surface area contributed by atoms with E-state index >= 15 is 0 Å². The Balaban J connectivity index is 2.31. The first-order valence-electron chi connectivity index (χ1n) is 4.64. The quantitative estimate of drug-likeness (QED) is 0.788. The van der Waals surface area contributed by atoms with Crippen molar-refractivity contribution in [3.05, 3.63) is 36.0 Å². The first kappa shape index (κ1) is 9.45. The Morgan fingerprint density at radius 2 is 2.40 bits per heavy atom. The maximum absolute atomic E-state index is 10.6. The van der Waals surface area contributed by atoms with Crippen molar-refractivity contribution in [2.45, 2.75) is 6.42 Å². The molecule has 0 bridgehead atoms. The Hall–Kier alpha value is -2.10. The van der Waals surface area contributed by atoms with Gasteiger partial charge in [0.05, 0.1) is 11.7 Å². The maximum atomic E-state index is 10.6. The fourth-order valence-corrected chi connectivity index (χ4v) is 1.43. The number of H-pyrrole nitrogens is 1. The summed E-state index contributed by atoms with van der Waals surface area (Å²) in [5.74, 6) is -0.331. The van der Waals surface area contributed by atoms with Gasteiger partial charge in [0.25, 0.3) is 0 Å². The van der Waals surface area contributed by atoms with Crippen LogP contribution in [-0.4, -0.2) is 16.1 Å². The van der Waals surface area contributed by atoms with E-state index in [1.54, 1.807) is 12.3 Å². The number of fused-ring (bicyclic) bond motifs is 1. The summed E-state index contributed by atoms with van der Waals surface area (Å²) in [5.41, 5.74) is 7.02. The molecule has 1 heterocycles. The molecule has 76 valence electrons. The van der Waals surface area contributed by atoms with E-state index in [0.717, 1.165) is 16.5 Å². The van der Waals surface area contributed by atoms with E-state index in [1.165, 1.54) is 0 Å². The molecule has 2 rings (SSSR count). The first-order valence-corrected chi connectivity index (χ1v) is 4.64. The van der Waals surface area contributed by atoms with E-state index in [0.29, 0.717) is 0 Å². The Labute approximate surface area is 86.8 Å². The summed E-state index contributed by atoms with van der Waals surface area (Å²) in [7, 11) is 0. The fraction of sp³-hybridized carbons (Fsp3) is 0.0909. The van der Waals surface area contributed by atoms with Crippen molar-refractivity contribution in [1.29, 1.82) is 0 Å². The smallest absolute Gasteiger partial charge is 0.221 e. The van der Waals surface area contributed by atoms with Crippen LogP contribution in [0.25, 0.3) is 17.0 Å². The second-order valence-corrected chi connectivity index (χ2v) is 3.25. The average Bonchev–Trinajstić information content (AvgIpc) is 2.65. The zero-order valence-corrected chi connectivity index (χ0v) is 8.10. The van der Waals surface area contributed by atoms with Crippen LogP contribution in [0.1, 0.15) is 12.0 Å². The second kappa shape index (κ2) is 3.96. The van der Waals surface area contributed by atoms with Crippen molar-refractivity contribution in [3.8, 4) is 0 Å². The number of amides is 1. The molecule has 3 N–H and O–H groups in total. The predicted octanol–water partition coefficient (Wildman–Crippen LogP) is 1.45. The minimum absolute atomic E-state index is 0.254. The third-order valence-corrected chi connectivity index (χ3v) is 2.13. The van der Waals surface area contributed by atoms with Gasteiger partial charge in [-0.3, -0.25) is 9.89 Å². The van der Waals surface area contributed by atoms with E-state index < -0.39 is 0 Å². The topological polar surface area (TPSA) is 71.8 Å². The van der Waals surface area contributed by atoms with Gasteiger partial charge in [0, 0.05) is 11.8 Å². The molecule has 0 atom stereocenters. The van der Waals surface area contributed by atoms with Crippen LogP contribution in [0.5, 0.6) is 0 Å². The molecule has 0 spiro atoms. The minimum atomic E-state index is -0.331. The highest BCUT2D eigenvalue weighted by molar-refractivity contribution is 5.87. The average molecular weight is 201 g/mol. The van der Waals surface area contributed by atoms with Crippen LogP contribution in [0, 0.1) is 0 Å². The van der Waals surface area contributed by atoms with E-state index in [-0.39, 0.29) is 12.3 Å². The fourth-order valence-electron chi connectivity index (χ4n) is 1.43. The molecule has 0 fully saturated rings. The molecule has 0 radical (unpaired) electrons. The lowest BCUT2D eigenvalue weighted by atomic mass is 10.1. The molecule has 0 unspecified atom stereocenters. The molecule has 0 saturated carbocycles. The summed E-state index contributed by atoms with van der Waals surface area (Å²) in [4.78, 5) is 10.6. The lowest BCUT2D eigenvalue weighted by Crippen LogP contribution is -2.07. The van der Waals surface area contributed by atoms with Gasteiger partial charge >= 0.3 is 0 Å². The van der Waals surface area contributed by atoms with Crippen molar-refractivity contribution in [2.75, 3.05) is 0 Å². The minimum Gasteiger partial charge on any atom is -0.369 e. The molecule has 0 saturated heterocycles. The third kappa shape index (κ3) is 2.04. The predicted molar refractivity (Wildman–Crippen MR) is 58.9 cm³/mol. The number of aromatic amines is 1. The Bertz CT molecular complexity index is 513. The molecule has 0 aliphatic rings. The monoisotopic (exact) mass is 201 g/mol. The van der Waals surface area contributed by atoms with Crippen LogP contribution >= 0.6 is 0 Å². The number of hydrogen-bond donors (Lipinski definition) is 2. The number of benzene rings is 1. The van der Waals surface area contributed by atoms with Crippen LogP contribution in [0.4, 0.5) is 0 Å². The van der Waals surface area contributed by atoms with Gasteiger partial charge in [-0.2, -0.15) is 5.10 Å². The summed E-state index contributed by atoms with van der Waals surface area (Å²) >= 11 is 0. The lowest BCUT2D eigenvalue weighted by Gasteiger charge is -1.94. The highest BCUT2D eigenvalue weighted by atomic mass is 16.1. The lowest BCUT2D eigenvalue weighted by molar-refractivity contribution is -0.117. The molecular formula is C11H11N3O. The maximum Gasteiger partial charge on any atom is 0.221 e. The zero-order valence-electron chi connectivity index (χ0n) is 8.10. The van der Waals surface area contributed by atoms with Crippen molar-refractivity contribution in [1.82, 2.24) is 10.2 Å². The number of para-hydroxylation sites is 1. The molecule has 1 amide bonds. The van der Waals surface area contributed by atoms with Gasteiger partial charge in [0.15, 0.2) is 0 Å². The highest BCUT2D eigenvalue weighted by Gasteiger charge is 1.98. The number of primary amides is 1. The zero-order chi connectivity index (χ0) is 10.7. The van der Waals surface area contributed by atoms with Crippen LogP contribution in [0.2, 0.25) is 0 Å². The standard InChI is InChI=1S/C11H11N3O/c12-10(15)6-2-4-8-3-1-5-9-7-13-14-11(8)9/h1-5,7H,6H2,(H2,12,15)(H,13,14). The molecule has 0 aliphatic heterocycles. The molecule has 1 aromatic carbocycles. The van der Waals surface area contributed by atoms with Crippen LogP contribution < -0.4 is 5.73 Å². The van der Waals surface area contributed by atoms with Gasteiger partial charge in [-0.05, 0) is 5.56 Å². The van der Waals surface area contributed by atoms with E-state index in [4.69, 9.17) is 5.73 Å². The highest BCUT2D eigenvalue weighted by Crippen LogP contribution is 2.16. The summed E-state index contributed by atoms with van der Waals surface area (Å²) in [6, 6.07) is 5.88. The number of nitrogens with one attached hydrogen (secondary N) is 1. The van der Waals surface area contributed by atoms with Gasteiger partial charge in [0.1, 0.15) is 0 Å². The van der Waals surface area contributed by atoms with Crippen molar-refractivity contribution < 1.29 is 4.79 Å². The van der Waals surface area contributed by atoms with Gasteiger partial charge in [-0.15, -0.1) is 0 Å². The number of carbonyl (C=O) groups excluding carboxylic acids is 1. The van der Waals surface area contributed by atoms with Crippen molar-refractivity contribution >= 4 is 22.9 Å². The molecule has 1 aromatic heterocycles. The van der Waals surface area contributed by atoms with E-state index in [9.17, 15) is 4.79 Å². The first-order chi connectivity index (χ1) is 7.27. The number of rotatable bonds is 3. The van der Waals surface area contributed by atoms with Gasteiger partial charge in [-0.1, -0.05) is 30.4 Å². The normalized spacial score (nSPS) is 11.2. The number of nitrogens with two attached hydrogens (primary N) is 1. The number of nitrogens with zero attached hydrogens (tertiary/aromatic N) is 1. The summed E-state index contributed by atoms with van der Waals surface area (Å²) in [5, 5.41) is 7.92. The van der Waals surface area contributed by atoms with Gasteiger partial charge in [-0.25, -0.2) is 0 Å². The van der Waals surface area contributed by atoms with Crippen LogP contribution in [0.3, 0.4) is 0 Å². The van der Waals surface area contributed by atoms with Gasteiger partial charge in [0.2, 0.25) is 5.91 Å². The van der Waals surface area contributed by atoms with Crippen LogP contribution in [-0.2, 0) is 4.79 Å². The Morgan fingerprint density at radius 1 is 1.53 bits per heavy atom. The van der Waals surface area contributed by atoms with Crippen molar-refractivity contribution in [3.63, 3.8) is 0 Å². The summed E-state index contributed by atoms with van der Waals surface area (Å²) < 4.78 is 0. The molecule has 15 heavy (non-hydrogen) atoms. The van der Waals surface area contributed by atoms with Crippen LogP contribution in [0.15, 0.2) is 30.5 Å². The summed E-state index contributed by atoms with van der Waals surface area (Å²) in [6.07, 6.45) is 5.63. The molecule has 2 aromatic rings. The molecule has 4 heteroatoms. The SMILES string of the molecule is NC(=O)CC=Cc1cccc2cn[nH]c12. The molecule has 0 aliphatic carbocycles. The largest absolute Gasteiger partial charge is 0.369 e.